The lowest BCUT2D eigenvalue weighted by Crippen LogP contribution is -2.54. The first kappa shape index (κ1) is 22.3. The van der Waals surface area contributed by atoms with Crippen molar-refractivity contribution < 1.29 is 9.59 Å². The highest BCUT2D eigenvalue weighted by Crippen LogP contribution is 2.29. The average molecular weight is 484 g/mol. The number of hydrogen-bond donors (Lipinski definition) is 1. The number of nitrogens with one attached hydrogen (secondary N) is 1. The Morgan fingerprint density at radius 3 is 2.22 bits per heavy atom. The number of rotatable bonds is 3. The van der Waals surface area contributed by atoms with Crippen molar-refractivity contribution in [3.05, 3.63) is 86.7 Å². The predicted molar refractivity (Wildman–Crippen MR) is 133 cm³/mol. The standard InChI is InChI=1S/C24H19Cl2N3O2S/c1-13-4-6-17(7-5-13)29-23(31)19(22(30)27-24(29)32)11-16-10-14(2)28(15(16)3)18-8-9-20(25)21(26)12-18/h4-12H,1-3H3,(H,27,30,32). The van der Waals surface area contributed by atoms with Gasteiger partial charge in [-0.15, -0.1) is 0 Å². The zero-order valence-electron chi connectivity index (χ0n) is 17.6. The first-order chi connectivity index (χ1) is 15.2. The summed E-state index contributed by atoms with van der Waals surface area (Å²) >= 11 is 17.5. The van der Waals surface area contributed by atoms with Crippen LogP contribution in [0.2, 0.25) is 10.0 Å². The van der Waals surface area contributed by atoms with Crippen molar-refractivity contribution in [3.8, 4) is 5.69 Å². The number of nitrogens with zero attached hydrogens (tertiary/aromatic N) is 2. The smallest absolute Gasteiger partial charge is 0.270 e. The number of aromatic nitrogens is 1. The Labute approximate surface area is 201 Å². The van der Waals surface area contributed by atoms with Gasteiger partial charge in [-0.2, -0.15) is 0 Å². The number of carbonyl (C=O) groups is 2. The zero-order chi connectivity index (χ0) is 23.2. The van der Waals surface area contributed by atoms with Crippen LogP contribution in [0, 0.1) is 20.8 Å². The molecule has 2 aromatic carbocycles. The molecule has 5 nitrogen and oxygen atoms in total. The molecular formula is C24H19Cl2N3O2S. The molecule has 1 aromatic heterocycles. The lowest BCUT2D eigenvalue weighted by atomic mass is 10.1. The molecule has 162 valence electrons. The molecule has 32 heavy (non-hydrogen) atoms. The third-order valence-corrected chi connectivity index (χ3v) is 6.35. The Kier molecular flexibility index (Phi) is 5.95. The van der Waals surface area contributed by atoms with E-state index in [1.54, 1.807) is 30.3 Å². The predicted octanol–water partition coefficient (Wildman–Crippen LogP) is 5.54. The second-order valence-corrected chi connectivity index (χ2v) is 8.75. The number of aryl methyl sites for hydroxylation is 2. The highest BCUT2D eigenvalue weighted by atomic mass is 35.5. The number of carbonyl (C=O) groups excluding carboxylic acids is 2. The molecule has 3 aromatic rings. The molecule has 0 radical (unpaired) electrons. The lowest BCUT2D eigenvalue weighted by Gasteiger charge is -2.29. The van der Waals surface area contributed by atoms with E-state index in [9.17, 15) is 9.59 Å². The summed E-state index contributed by atoms with van der Waals surface area (Å²) in [6.45, 7) is 5.81. The molecule has 1 aliphatic rings. The minimum atomic E-state index is -0.525. The number of halogens is 2. The minimum absolute atomic E-state index is 0.00793. The van der Waals surface area contributed by atoms with Crippen molar-refractivity contribution in [3.63, 3.8) is 0 Å². The van der Waals surface area contributed by atoms with Crippen molar-refractivity contribution in [2.24, 2.45) is 0 Å². The van der Waals surface area contributed by atoms with Gasteiger partial charge in [-0.05, 0) is 81.0 Å². The first-order valence-corrected chi connectivity index (χ1v) is 11.0. The fourth-order valence-corrected chi connectivity index (χ4v) is 4.27. The number of benzene rings is 2. The van der Waals surface area contributed by atoms with Gasteiger partial charge < -0.3 is 4.57 Å². The monoisotopic (exact) mass is 483 g/mol. The molecule has 8 heteroatoms. The van der Waals surface area contributed by atoms with Crippen molar-refractivity contribution in [1.82, 2.24) is 9.88 Å². The molecular weight excluding hydrogens is 465 g/mol. The summed E-state index contributed by atoms with van der Waals surface area (Å²) in [5, 5.41) is 3.59. The summed E-state index contributed by atoms with van der Waals surface area (Å²) in [5.41, 5.74) is 5.00. The van der Waals surface area contributed by atoms with Crippen LogP contribution in [0.25, 0.3) is 11.8 Å². The molecule has 1 saturated heterocycles. The molecule has 0 unspecified atom stereocenters. The van der Waals surface area contributed by atoms with Gasteiger partial charge in [0.05, 0.1) is 15.7 Å². The fraction of sp³-hybridized carbons (Fsp3) is 0.125. The van der Waals surface area contributed by atoms with Crippen LogP contribution in [0.1, 0.15) is 22.5 Å². The Morgan fingerprint density at radius 1 is 0.906 bits per heavy atom. The number of anilines is 1. The molecule has 0 bridgehead atoms. The second kappa shape index (κ2) is 8.54. The second-order valence-electron chi connectivity index (χ2n) is 7.55. The molecule has 4 rings (SSSR count). The maximum Gasteiger partial charge on any atom is 0.270 e. The van der Waals surface area contributed by atoms with Crippen LogP contribution in [0.5, 0.6) is 0 Å². The summed E-state index contributed by atoms with van der Waals surface area (Å²) in [6, 6.07) is 14.6. The minimum Gasteiger partial charge on any atom is -0.318 e. The van der Waals surface area contributed by atoms with Gasteiger partial charge >= 0.3 is 0 Å². The van der Waals surface area contributed by atoms with Gasteiger partial charge in [-0.3, -0.25) is 19.8 Å². The largest absolute Gasteiger partial charge is 0.318 e. The maximum atomic E-state index is 13.3. The van der Waals surface area contributed by atoms with Gasteiger partial charge in [0.2, 0.25) is 0 Å². The molecule has 0 saturated carbocycles. The van der Waals surface area contributed by atoms with Crippen molar-refractivity contribution in [1.29, 1.82) is 0 Å². The lowest BCUT2D eigenvalue weighted by molar-refractivity contribution is -0.122. The van der Waals surface area contributed by atoms with Crippen LogP contribution in [-0.2, 0) is 9.59 Å². The zero-order valence-corrected chi connectivity index (χ0v) is 19.9. The SMILES string of the molecule is Cc1ccc(N2C(=O)C(=Cc3cc(C)n(-c4ccc(Cl)c(Cl)c4)c3C)C(=O)NC2=S)cc1. The molecule has 1 N–H and O–H groups in total. The Hall–Kier alpha value is -2.93. The highest BCUT2D eigenvalue weighted by Gasteiger charge is 2.34. The first-order valence-electron chi connectivity index (χ1n) is 9.80. The molecule has 0 spiro atoms. The highest BCUT2D eigenvalue weighted by molar-refractivity contribution is 7.80. The number of amides is 2. The molecule has 0 aliphatic carbocycles. The van der Waals surface area contributed by atoms with E-state index in [0.29, 0.717) is 15.7 Å². The molecule has 1 aliphatic heterocycles. The van der Waals surface area contributed by atoms with E-state index in [0.717, 1.165) is 28.2 Å². The summed E-state index contributed by atoms with van der Waals surface area (Å²) < 4.78 is 1.99. The van der Waals surface area contributed by atoms with Crippen LogP contribution in [0.4, 0.5) is 5.69 Å². The van der Waals surface area contributed by atoms with Gasteiger partial charge in [0, 0.05) is 17.1 Å². The number of hydrogen-bond acceptors (Lipinski definition) is 3. The molecule has 1 fully saturated rings. The van der Waals surface area contributed by atoms with E-state index < -0.39 is 11.8 Å². The molecule has 2 amide bonds. The van der Waals surface area contributed by atoms with Crippen LogP contribution in [0.15, 0.2) is 54.1 Å². The van der Waals surface area contributed by atoms with Gasteiger partial charge in [0.15, 0.2) is 5.11 Å². The maximum absolute atomic E-state index is 13.3. The van der Waals surface area contributed by atoms with Crippen LogP contribution in [0.3, 0.4) is 0 Å². The van der Waals surface area contributed by atoms with Crippen LogP contribution < -0.4 is 10.2 Å². The summed E-state index contributed by atoms with van der Waals surface area (Å²) in [5.74, 6) is -0.996. The van der Waals surface area contributed by atoms with Crippen molar-refractivity contribution >= 4 is 64.1 Å². The summed E-state index contributed by atoms with van der Waals surface area (Å²) in [6.07, 6.45) is 1.59. The third-order valence-electron chi connectivity index (χ3n) is 5.33. The van der Waals surface area contributed by atoms with Crippen molar-refractivity contribution in [2.45, 2.75) is 20.8 Å². The van der Waals surface area contributed by atoms with E-state index in [1.807, 2.05) is 49.6 Å². The Bertz CT molecular complexity index is 1310. The van der Waals surface area contributed by atoms with E-state index in [-0.39, 0.29) is 10.7 Å². The summed E-state index contributed by atoms with van der Waals surface area (Å²) in [7, 11) is 0. The van der Waals surface area contributed by atoms with Gasteiger partial charge in [0.1, 0.15) is 5.57 Å². The van der Waals surface area contributed by atoms with Crippen molar-refractivity contribution in [2.75, 3.05) is 4.90 Å². The molecule has 0 atom stereocenters. The summed E-state index contributed by atoms with van der Waals surface area (Å²) in [4.78, 5) is 27.2. The van der Waals surface area contributed by atoms with E-state index >= 15 is 0 Å². The van der Waals surface area contributed by atoms with Gasteiger partial charge in [-0.25, -0.2) is 0 Å². The molecule has 2 heterocycles. The third kappa shape index (κ3) is 3.97. The van der Waals surface area contributed by atoms with Gasteiger partial charge in [0.25, 0.3) is 11.8 Å². The normalized spacial score (nSPS) is 15.5. The van der Waals surface area contributed by atoms with E-state index in [4.69, 9.17) is 35.4 Å². The van der Waals surface area contributed by atoms with Crippen LogP contribution >= 0.6 is 35.4 Å². The Balaban J connectivity index is 1.76. The van der Waals surface area contributed by atoms with Gasteiger partial charge in [-0.1, -0.05) is 40.9 Å². The van der Waals surface area contributed by atoms with E-state index in [2.05, 4.69) is 5.32 Å². The van der Waals surface area contributed by atoms with Crippen LogP contribution in [-0.4, -0.2) is 21.5 Å². The topological polar surface area (TPSA) is 54.3 Å². The quantitative estimate of drug-likeness (QED) is 0.302. The number of thiocarbonyl (C=S) groups is 1. The Morgan fingerprint density at radius 2 is 1.56 bits per heavy atom. The fourth-order valence-electron chi connectivity index (χ4n) is 3.70. The average Bonchev–Trinajstić information content (AvgIpc) is 3.01. The van der Waals surface area contributed by atoms with E-state index in [1.165, 1.54) is 4.90 Å².